The van der Waals surface area contributed by atoms with Crippen LogP contribution >= 0.6 is 12.6 Å². The van der Waals surface area contributed by atoms with E-state index in [1.807, 2.05) is 6.07 Å². The minimum absolute atomic E-state index is 0.0338. The molecule has 1 atom stereocenters. The van der Waals surface area contributed by atoms with Crippen molar-refractivity contribution in [3.05, 3.63) is 17.3 Å². The summed E-state index contributed by atoms with van der Waals surface area (Å²) in [7, 11) is 0. The van der Waals surface area contributed by atoms with Gasteiger partial charge in [0, 0.05) is 29.9 Å². The highest BCUT2D eigenvalue weighted by Crippen LogP contribution is 2.53. The molecule has 36 heavy (non-hydrogen) atoms. The summed E-state index contributed by atoms with van der Waals surface area (Å²) in [5, 5.41) is 12.5. The zero-order valence-corrected chi connectivity index (χ0v) is 21.9. The van der Waals surface area contributed by atoms with Crippen molar-refractivity contribution < 1.29 is 19.4 Å². The summed E-state index contributed by atoms with van der Waals surface area (Å²) in [6.07, 6.45) is 12.9. The van der Waals surface area contributed by atoms with Crippen LogP contribution in [0.1, 0.15) is 92.6 Å². The van der Waals surface area contributed by atoms with Gasteiger partial charge in [-0.2, -0.15) is 0 Å². The third-order valence-electron chi connectivity index (χ3n) is 9.66. The van der Waals surface area contributed by atoms with Crippen LogP contribution in [0.4, 0.5) is 5.82 Å². The van der Waals surface area contributed by atoms with E-state index in [9.17, 15) is 9.59 Å². The summed E-state index contributed by atoms with van der Waals surface area (Å²) in [5.74, 6) is 3.22. The Morgan fingerprint density at radius 3 is 2.42 bits per heavy atom. The summed E-state index contributed by atoms with van der Waals surface area (Å²) in [6.45, 7) is 1.06. The van der Waals surface area contributed by atoms with Crippen molar-refractivity contribution in [2.24, 2.45) is 23.7 Å². The molecule has 5 aliphatic carbocycles. The highest BCUT2D eigenvalue weighted by atomic mass is 32.1. The van der Waals surface area contributed by atoms with E-state index in [1.165, 1.54) is 51.4 Å². The second kappa shape index (κ2) is 10.2. The first-order valence-electron chi connectivity index (χ1n) is 14.1. The van der Waals surface area contributed by atoms with Gasteiger partial charge in [-0.3, -0.25) is 4.79 Å². The van der Waals surface area contributed by atoms with Gasteiger partial charge in [-0.25, -0.2) is 9.78 Å². The average Bonchev–Trinajstić information content (AvgIpc) is 3.33. The van der Waals surface area contributed by atoms with Gasteiger partial charge in [-0.15, -0.1) is 12.6 Å². The standard InChI is InChI=1S/C28H39N3O4S/c32-24(33)15-35-21-6-7-31(14-21)27-23(36)13-22(26(29-27)18-4-2-1-3-5-18)28(34)30-25-19-9-16-8-17(11-19)12-20(25)10-16/h13,16-21,25,36H,1-12,14-15H2,(H,30,34)(H,32,33)/t16?,17?,19?,20?,21-,25?/m0/s1. The maximum absolute atomic E-state index is 13.8. The van der Waals surface area contributed by atoms with Gasteiger partial charge in [0.2, 0.25) is 0 Å². The van der Waals surface area contributed by atoms with E-state index in [0.717, 1.165) is 49.2 Å². The molecule has 1 aliphatic heterocycles. The van der Waals surface area contributed by atoms with Crippen LogP contribution < -0.4 is 10.2 Å². The van der Waals surface area contributed by atoms with Gasteiger partial charge in [0.05, 0.1) is 17.4 Å². The predicted molar refractivity (Wildman–Crippen MR) is 140 cm³/mol. The van der Waals surface area contributed by atoms with Crippen molar-refractivity contribution in [3.8, 4) is 0 Å². The minimum atomic E-state index is -0.949. The number of amides is 1. The number of carbonyl (C=O) groups excluding carboxylic acids is 1. The molecule has 4 bridgehead atoms. The van der Waals surface area contributed by atoms with Crippen LogP contribution in [0.5, 0.6) is 0 Å². The fraction of sp³-hybridized carbons (Fsp3) is 0.750. The first kappa shape index (κ1) is 24.5. The van der Waals surface area contributed by atoms with Gasteiger partial charge >= 0.3 is 5.97 Å². The molecule has 0 radical (unpaired) electrons. The van der Waals surface area contributed by atoms with Crippen molar-refractivity contribution >= 4 is 30.3 Å². The molecule has 1 aromatic rings. The van der Waals surface area contributed by atoms with Crippen LogP contribution in [-0.4, -0.2) is 53.8 Å². The molecule has 1 saturated heterocycles. The number of nitrogens with zero attached hydrogens (tertiary/aromatic N) is 2. The van der Waals surface area contributed by atoms with E-state index in [-0.39, 0.29) is 18.6 Å². The molecule has 6 fully saturated rings. The molecule has 7 rings (SSSR count). The zero-order chi connectivity index (χ0) is 24.8. The molecule has 0 unspecified atom stereocenters. The first-order valence-corrected chi connectivity index (χ1v) is 14.5. The largest absolute Gasteiger partial charge is 0.480 e. The number of nitrogens with one attached hydrogen (secondary N) is 1. The second-order valence-corrected chi connectivity index (χ2v) is 12.6. The third-order valence-corrected chi connectivity index (χ3v) is 9.99. The highest BCUT2D eigenvalue weighted by molar-refractivity contribution is 7.80. The Hall–Kier alpha value is -1.80. The Morgan fingerprint density at radius 2 is 1.75 bits per heavy atom. The van der Waals surface area contributed by atoms with E-state index >= 15 is 0 Å². The molecular formula is C28H39N3O4S. The number of carbonyl (C=O) groups is 2. The Bertz CT molecular complexity index is 983. The third kappa shape index (κ3) is 4.87. The topological polar surface area (TPSA) is 91.8 Å². The monoisotopic (exact) mass is 513 g/mol. The number of aromatic nitrogens is 1. The fourth-order valence-corrected chi connectivity index (χ4v) is 8.56. The van der Waals surface area contributed by atoms with Gasteiger partial charge in [0.1, 0.15) is 12.4 Å². The Morgan fingerprint density at radius 1 is 1.06 bits per heavy atom. The molecule has 2 heterocycles. The Balaban J connectivity index is 1.24. The normalized spacial score (nSPS) is 33.8. The smallest absolute Gasteiger partial charge is 0.329 e. The fourth-order valence-electron chi connectivity index (χ4n) is 8.24. The lowest BCUT2D eigenvalue weighted by atomic mass is 9.54. The van der Waals surface area contributed by atoms with Crippen molar-refractivity contribution in [1.82, 2.24) is 10.3 Å². The minimum Gasteiger partial charge on any atom is -0.480 e. The number of aliphatic carboxylic acids is 1. The summed E-state index contributed by atoms with van der Waals surface area (Å²) in [6, 6.07) is 2.25. The molecule has 5 saturated carbocycles. The van der Waals surface area contributed by atoms with Crippen molar-refractivity contribution in [2.75, 3.05) is 24.6 Å². The SMILES string of the molecule is O=C(O)CO[C@H]1CCN(c2nc(C3CCCCC3)c(C(=O)NC3C4CC5CC(C4)CC3C5)cc2S)C1. The summed E-state index contributed by atoms with van der Waals surface area (Å²) in [5.41, 5.74) is 1.64. The van der Waals surface area contributed by atoms with E-state index in [1.54, 1.807) is 0 Å². The Kier molecular flexibility index (Phi) is 6.93. The summed E-state index contributed by atoms with van der Waals surface area (Å²) in [4.78, 5) is 32.7. The number of rotatable bonds is 7. The number of carboxylic acids is 1. The van der Waals surface area contributed by atoms with Gasteiger partial charge in [-0.1, -0.05) is 19.3 Å². The van der Waals surface area contributed by atoms with E-state index in [4.69, 9.17) is 27.5 Å². The lowest BCUT2D eigenvalue weighted by Gasteiger charge is -2.54. The number of anilines is 1. The van der Waals surface area contributed by atoms with Crippen molar-refractivity contribution in [1.29, 1.82) is 0 Å². The van der Waals surface area contributed by atoms with Crippen LogP contribution in [0.15, 0.2) is 11.0 Å². The summed E-state index contributed by atoms with van der Waals surface area (Å²) < 4.78 is 5.54. The van der Waals surface area contributed by atoms with Gasteiger partial charge in [0.25, 0.3) is 5.91 Å². The van der Waals surface area contributed by atoms with E-state index in [0.29, 0.717) is 40.8 Å². The van der Waals surface area contributed by atoms with Crippen LogP contribution in [0, 0.1) is 23.7 Å². The number of pyridine rings is 1. The molecular weight excluding hydrogens is 474 g/mol. The maximum atomic E-state index is 13.8. The number of hydrogen-bond acceptors (Lipinski definition) is 6. The molecule has 2 N–H and O–H groups in total. The highest BCUT2D eigenvalue weighted by Gasteiger charge is 2.48. The van der Waals surface area contributed by atoms with Crippen molar-refractivity contribution in [2.45, 2.75) is 93.6 Å². The molecule has 0 spiro atoms. The summed E-state index contributed by atoms with van der Waals surface area (Å²) >= 11 is 4.79. The molecule has 8 heteroatoms. The van der Waals surface area contributed by atoms with E-state index in [2.05, 4.69) is 10.2 Å². The van der Waals surface area contributed by atoms with Crippen LogP contribution in [0.2, 0.25) is 0 Å². The van der Waals surface area contributed by atoms with E-state index < -0.39 is 5.97 Å². The number of hydrogen-bond donors (Lipinski definition) is 3. The lowest BCUT2D eigenvalue weighted by molar-refractivity contribution is -0.143. The molecule has 0 aromatic carbocycles. The van der Waals surface area contributed by atoms with Gasteiger partial charge in [0.15, 0.2) is 0 Å². The molecule has 196 valence electrons. The average molecular weight is 514 g/mol. The van der Waals surface area contributed by atoms with Crippen LogP contribution in [-0.2, 0) is 9.53 Å². The van der Waals surface area contributed by atoms with Crippen LogP contribution in [0.25, 0.3) is 0 Å². The van der Waals surface area contributed by atoms with Gasteiger partial charge in [-0.05, 0) is 81.1 Å². The Labute approximate surface area is 219 Å². The maximum Gasteiger partial charge on any atom is 0.329 e. The van der Waals surface area contributed by atoms with Gasteiger partial charge < -0.3 is 20.1 Å². The quantitative estimate of drug-likeness (QED) is 0.460. The first-order chi connectivity index (χ1) is 17.4. The second-order valence-electron chi connectivity index (χ2n) is 12.1. The molecule has 1 aromatic heterocycles. The molecule has 6 aliphatic rings. The van der Waals surface area contributed by atoms with Crippen molar-refractivity contribution in [3.63, 3.8) is 0 Å². The molecule has 7 nitrogen and oxygen atoms in total. The lowest BCUT2D eigenvalue weighted by Crippen LogP contribution is -2.55. The number of thiol groups is 1. The zero-order valence-electron chi connectivity index (χ0n) is 21.0. The predicted octanol–water partition coefficient (Wildman–Crippen LogP) is 4.65. The van der Waals surface area contributed by atoms with Crippen LogP contribution in [0.3, 0.4) is 0 Å². The number of carboxylic acid groups (broad SMARTS) is 1. The molecule has 1 amide bonds. The number of ether oxygens (including phenoxy) is 1.